The van der Waals surface area contributed by atoms with Crippen molar-refractivity contribution in [2.75, 3.05) is 7.05 Å². The number of nitrogens with zero attached hydrogens (tertiary/aromatic N) is 2. The molecule has 0 aromatic rings. The zero-order valence-electron chi connectivity index (χ0n) is 7.45. The van der Waals surface area contributed by atoms with E-state index in [1.54, 1.807) is 0 Å². The summed E-state index contributed by atoms with van der Waals surface area (Å²) < 4.78 is 0. The number of carbonyl (C=O) groups excluding carboxylic acids is 1. The van der Waals surface area contributed by atoms with Crippen LogP contribution in [0.4, 0.5) is 0 Å². The number of hydrogen-bond donors (Lipinski definition) is 1. The molecule has 4 nitrogen and oxygen atoms in total. The summed E-state index contributed by atoms with van der Waals surface area (Å²) in [7, 11) is 1.87. The molecular weight excluding hydrogens is 166 g/mol. The third kappa shape index (κ3) is 0.973. The van der Waals surface area contributed by atoms with E-state index < -0.39 is 0 Å². The predicted octanol–water partition coefficient (Wildman–Crippen LogP) is -0.158. The Balaban J connectivity index is 2.36. The Bertz CT molecular complexity index is 317. The average molecular weight is 177 g/mol. The molecule has 2 bridgehead atoms. The second-order valence-corrected chi connectivity index (χ2v) is 3.61. The number of fused-ring (bicyclic) bond motifs is 2. The molecule has 4 heteroatoms. The second kappa shape index (κ2) is 2.57. The van der Waals surface area contributed by atoms with E-state index in [-0.39, 0.29) is 23.9 Å². The molecule has 0 aromatic carbocycles. The monoisotopic (exact) mass is 177 g/mol. The van der Waals surface area contributed by atoms with Crippen LogP contribution < -0.4 is 5.32 Å². The van der Waals surface area contributed by atoms with Crippen LogP contribution in [-0.2, 0) is 4.79 Å². The summed E-state index contributed by atoms with van der Waals surface area (Å²) in [5.74, 6) is -0.122. The van der Waals surface area contributed by atoms with E-state index in [9.17, 15) is 4.79 Å². The van der Waals surface area contributed by atoms with E-state index in [4.69, 9.17) is 5.26 Å². The smallest absolute Gasteiger partial charge is 0.241 e. The zero-order valence-corrected chi connectivity index (χ0v) is 7.45. The van der Waals surface area contributed by atoms with Crippen LogP contribution >= 0.6 is 0 Å². The van der Waals surface area contributed by atoms with Crippen LogP contribution in [0.1, 0.15) is 6.42 Å². The maximum absolute atomic E-state index is 11.4. The lowest BCUT2D eigenvalue weighted by atomic mass is 10.0. The quantitative estimate of drug-likeness (QED) is 0.559. The molecule has 2 heterocycles. The van der Waals surface area contributed by atoms with Gasteiger partial charge in [-0.2, -0.15) is 5.26 Å². The van der Waals surface area contributed by atoms with Gasteiger partial charge in [-0.05, 0) is 13.5 Å². The van der Waals surface area contributed by atoms with Crippen molar-refractivity contribution in [3.63, 3.8) is 0 Å². The lowest BCUT2D eigenvalue weighted by Gasteiger charge is -2.32. The maximum atomic E-state index is 11.4. The van der Waals surface area contributed by atoms with E-state index in [1.807, 2.05) is 11.9 Å². The number of hydrogen-bond acceptors (Lipinski definition) is 3. The Kier molecular flexibility index (Phi) is 1.64. The van der Waals surface area contributed by atoms with Crippen molar-refractivity contribution in [1.29, 1.82) is 5.26 Å². The van der Waals surface area contributed by atoms with E-state index in [1.165, 1.54) is 0 Å². The summed E-state index contributed by atoms with van der Waals surface area (Å²) >= 11 is 0. The molecule has 2 rings (SSSR count). The van der Waals surface area contributed by atoms with Gasteiger partial charge in [0.25, 0.3) is 0 Å². The lowest BCUT2D eigenvalue weighted by molar-refractivity contribution is -0.126. The van der Waals surface area contributed by atoms with E-state index in [0.717, 1.165) is 0 Å². The van der Waals surface area contributed by atoms with Crippen LogP contribution in [0, 0.1) is 17.2 Å². The van der Waals surface area contributed by atoms with Gasteiger partial charge in [0.1, 0.15) is 0 Å². The largest absolute Gasteiger partial charge is 0.327 e. The third-order valence-electron chi connectivity index (χ3n) is 2.90. The Morgan fingerprint density at radius 3 is 3.08 bits per heavy atom. The average Bonchev–Trinajstić information content (AvgIpc) is 2.34. The van der Waals surface area contributed by atoms with E-state index in [2.05, 4.69) is 18.0 Å². The normalized spacial score (nSPS) is 38.6. The van der Waals surface area contributed by atoms with E-state index >= 15 is 0 Å². The van der Waals surface area contributed by atoms with Gasteiger partial charge in [0, 0.05) is 5.70 Å². The number of piperazine rings is 1. The van der Waals surface area contributed by atoms with Crippen molar-refractivity contribution >= 4 is 5.91 Å². The molecule has 0 spiro atoms. The number of amides is 1. The van der Waals surface area contributed by atoms with Crippen LogP contribution in [-0.4, -0.2) is 29.9 Å². The fourth-order valence-electron chi connectivity index (χ4n) is 2.23. The summed E-state index contributed by atoms with van der Waals surface area (Å²) in [6.07, 6.45) is 0.628. The summed E-state index contributed by atoms with van der Waals surface area (Å²) in [4.78, 5) is 13.4. The summed E-state index contributed by atoms with van der Waals surface area (Å²) in [5, 5.41) is 11.6. The highest BCUT2D eigenvalue weighted by Gasteiger charge is 2.47. The highest BCUT2D eigenvalue weighted by molar-refractivity contribution is 5.85. The Labute approximate surface area is 76.8 Å². The van der Waals surface area contributed by atoms with Gasteiger partial charge in [-0.1, -0.05) is 6.58 Å². The summed E-state index contributed by atoms with van der Waals surface area (Å²) in [6, 6.07) is 2.09. The van der Waals surface area contributed by atoms with Gasteiger partial charge < -0.3 is 5.32 Å². The minimum atomic E-state index is -0.139. The molecule has 13 heavy (non-hydrogen) atoms. The zero-order chi connectivity index (χ0) is 9.59. The maximum Gasteiger partial charge on any atom is 0.241 e. The molecule has 2 aliphatic rings. The van der Waals surface area contributed by atoms with Crippen molar-refractivity contribution in [3.8, 4) is 6.07 Å². The second-order valence-electron chi connectivity index (χ2n) is 3.61. The molecule has 1 amide bonds. The van der Waals surface area contributed by atoms with Crippen LogP contribution in [0.2, 0.25) is 0 Å². The molecule has 0 radical (unpaired) electrons. The minimum Gasteiger partial charge on any atom is -0.327 e. The van der Waals surface area contributed by atoms with Gasteiger partial charge in [0.15, 0.2) is 0 Å². The van der Waals surface area contributed by atoms with Crippen LogP contribution in [0.5, 0.6) is 0 Å². The topological polar surface area (TPSA) is 56.1 Å². The molecule has 2 saturated heterocycles. The Morgan fingerprint density at radius 1 is 1.77 bits per heavy atom. The fraction of sp³-hybridized carbons (Fsp3) is 0.556. The first-order valence-corrected chi connectivity index (χ1v) is 4.26. The van der Waals surface area contributed by atoms with Crippen molar-refractivity contribution in [2.45, 2.75) is 18.5 Å². The molecule has 0 saturated carbocycles. The molecule has 2 fully saturated rings. The fourth-order valence-corrected chi connectivity index (χ4v) is 2.23. The van der Waals surface area contributed by atoms with Crippen molar-refractivity contribution < 1.29 is 4.79 Å². The Morgan fingerprint density at radius 2 is 2.46 bits per heavy atom. The first-order chi connectivity index (χ1) is 6.15. The van der Waals surface area contributed by atoms with Gasteiger partial charge in [0.2, 0.25) is 5.91 Å². The first kappa shape index (κ1) is 8.27. The molecule has 2 aliphatic heterocycles. The van der Waals surface area contributed by atoms with Crippen molar-refractivity contribution in [3.05, 3.63) is 12.3 Å². The number of nitrogens with one attached hydrogen (secondary N) is 1. The Hall–Kier alpha value is -1.34. The first-order valence-electron chi connectivity index (χ1n) is 4.26. The van der Waals surface area contributed by atoms with Crippen molar-refractivity contribution in [1.82, 2.24) is 10.2 Å². The standard InChI is InChI=1S/C9H11N3O/c1-5-8-6(4-10)3-7(12(8)2)9(13)11-5/h6-8H,1,3H2,2H3,(H,11,13)/t6-,7-,8-/m0/s1. The minimum absolute atomic E-state index is 0.00713. The summed E-state index contributed by atoms with van der Waals surface area (Å²) in [6.45, 7) is 3.77. The van der Waals surface area contributed by atoms with Crippen LogP contribution in [0.15, 0.2) is 12.3 Å². The molecule has 68 valence electrons. The lowest BCUT2D eigenvalue weighted by Crippen LogP contribution is -2.52. The van der Waals surface area contributed by atoms with Gasteiger partial charge >= 0.3 is 0 Å². The highest BCUT2D eigenvalue weighted by Crippen LogP contribution is 2.34. The van der Waals surface area contributed by atoms with Gasteiger partial charge in [-0.15, -0.1) is 0 Å². The predicted molar refractivity (Wildman–Crippen MR) is 46.3 cm³/mol. The third-order valence-corrected chi connectivity index (χ3v) is 2.90. The molecule has 0 aromatic heterocycles. The SMILES string of the molecule is C=C1NC(=O)[C@@H]2C[C@@H](C#N)[C@H]1N2C. The number of carbonyl (C=O) groups is 1. The van der Waals surface area contributed by atoms with E-state index in [0.29, 0.717) is 12.1 Å². The molecule has 1 N–H and O–H groups in total. The number of nitriles is 1. The van der Waals surface area contributed by atoms with Crippen LogP contribution in [0.25, 0.3) is 0 Å². The highest BCUT2D eigenvalue weighted by atomic mass is 16.2. The number of likely N-dealkylation sites (N-methyl/N-ethyl adjacent to an activating group) is 1. The molecule has 0 aliphatic carbocycles. The van der Waals surface area contributed by atoms with Gasteiger partial charge in [0.05, 0.1) is 24.1 Å². The number of rotatable bonds is 0. The molecule has 0 unspecified atom stereocenters. The van der Waals surface area contributed by atoms with Crippen LogP contribution in [0.3, 0.4) is 0 Å². The van der Waals surface area contributed by atoms with Gasteiger partial charge in [-0.25, -0.2) is 0 Å². The van der Waals surface area contributed by atoms with Crippen molar-refractivity contribution in [2.24, 2.45) is 5.92 Å². The molecule has 3 atom stereocenters. The van der Waals surface area contributed by atoms with Gasteiger partial charge in [-0.3, -0.25) is 9.69 Å². The molecular formula is C9H11N3O. The summed E-state index contributed by atoms with van der Waals surface area (Å²) in [5.41, 5.74) is 0.660.